The molecule has 2 N–H and O–H groups in total. The predicted molar refractivity (Wildman–Crippen MR) is 107 cm³/mol. The van der Waals surface area contributed by atoms with Gasteiger partial charge in [-0.05, 0) is 25.7 Å². The summed E-state index contributed by atoms with van der Waals surface area (Å²) in [6.45, 7) is 2.18. The van der Waals surface area contributed by atoms with Gasteiger partial charge in [-0.15, -0.1) is 0 Å². The van der Waals surface area contributed by atoms with Crippen molar-refractivity contribution in [2.75, 3.05) is 52.9 Å². The van der Waals surface area contributed by atoms with Crippen LogP contribution in [0.15, 0.2) is 0 Å². The van der Waals surface area contributed by atoms with Gasteiger partial charge < -0.3 is 33.9 Å². The van der Waals surface area contributed by atoms with Crippen LogP contribution in [0.25, 0.3) is 0 Å². The Morgan fingerprint density at radius 1 is 0.452 bits per heavy atom. The number of carboxylic acids is 2. The van der Waals surface area contributed by atoms with Gasteiger partial charge in [0.05, 0.1) is 39.6 Å². The topological polar surface area (TPSA) is 155 Å². The summed E-state index contributed by atoms with van der Waals surface area (Å²) in [4.78, 5) is 43.4. The third-order valence-corrected chi connectivity index (χ3v) is 3.77. The van der Waals surface area contributed by atoms with Crippen molar-refractivity contribution < 1.29 is 53.1 Å². The van der Waals surface area contributed by atoms with Crippen molar-refractivity contribution in [2.24, 2.45) is 0 Å². The van der Waals surface area contributed by atoms with Gasteiger partial charge in [0, 0.05) is 25.7 Å². The summed E-state index contributed by atoms with van der Waals surface area (Å²) in [5.41, 5.74) is 0. The molecule has 0 rings (SSSR count). The Bertz CT molecular complexity index is 463. The second-order valence-electron chi connectivity index (χ2n) is 6.48. The molecular weight excluding hydrogens is 416 g/mol. The van der Waals surface area contributed by atoms with E-state index in [0.717, 1.165) is 0 Å². The van der Waals surface area contributed by atoms with E-state index in [1.54, 1.807) is 0 Å². The lowest BCUT2D eigenvalue weighted by Gasteiger charge is -2.08. The number of hydrogen-bond acceptors (Lipinski definition) is 9. The molecule has 0 spiro atoms. The van der Waals surface area contributed by atoms with E-state index in [4.69, 9.17) is 33.9 Å². The Labute approximate surface area is 181 Å². The molecule has 0 unspecified atom stereocenters. The third-order valence-electron chi connectivity index (χ3n) is 3.77. The van der Waals surface area contributed by atoms with Gasteiger partial charge in [0.1, 0.15) is 13.2 Å². The average molecular weight is 450 g/mol. The molecule has 11 heteroatoms. The highest BCUT2D eigenvalue weighted by Crippen LogP contribution is 2.02. The molecule has 0 amide bonds. The highest BCUT2D eigenvalue weighted by atomic mass is 16.6. The van der Waals surface area contributed by atoms with E-state index >= 15 is 0 Å². The summed E-state index contributed by atoms with van der Waals surface area (Å²) in [6, 6.07) is 0. The second-order valence-corrected chi connectivity index (χ2v) is 6.48. The maximum absolute atomic E-state index is 11.4. The molecule has 0 aliphatic rings. The van der Waals surface area contributed by atoms with E-state index in [0.29, 0.717) is 52.1 Å². The van der Waals surface area contributed by atoms with Crippen LogP contribution in [0.3, 0.4) is 0 Å². The maximum atomic E-state index is 11.4. The molecule has 0 aromatic rings. The van der Waals surface area contributed by atoms with Crippen LogP contribution in [-0.2, 0) is 42.9 Å². The third kappa shape index (κ3) is 23.9. The van der Waals surface area contributed by atoms with Crippen LogP contribution in [0.1, 0.15) is 51.4 Å². The molecule has 0 radical (unpaired) electrons. The first-order valence-corrected chi connectivity index (χ1v) is 10.4. The van der Waals surface area contributed by atoms with E-state index in [1.165, 1.54) is 0 Å². The fraction of sp³-hybridized carbons (Fsp3) is 0.800. The first-order valence-electron chi connectivity index (χ1n) is 10.4. The summed E-state index contributed by atoms with van der Waals surface area (Å²) in [5.74, 6) is -2.49. The molecule has 0 aliphatic heterocycles. The van der Waals surface area contributed by atoms with Crippen molar-refractivity contribution in [3.05, 3.63) is 0 Å². The lowest BCUT2D eigenvalue weighted by Crippen LogP contribution is -2.15. The number of ether oxygens (including phenoxy) is 5. The Balaban J connectivity index is 3.24. The number of carboxylic acid groups (broad SMARTS) is 2. The lowest BCUT2D eigenvalue weighted by atomic mass is 10.2. The molecular formula is C20H34O11. The van der Waals surface area contributed by atoms with Crippen LogP contribution < -0.4 is 0 Å². The van der Waals surface area contributed by atoms with Crippen molar-refractivity contribution in [1.82, 2.24) is 0 Å². The van der Waals surface area contributed by atoms with Crippen molar-refractivity contribution in [3.8, 4) is 0 Å². The summed E-state index contributed by atoms with van der Waals surface area (Å²) >= 11 is 0. The molecule has 31 heavy (non-hydrogen) atoms. The van der Waals surface area contributed by atoms with Crippen molar-refractivity contribution in [3.63, 3.8) is 0 Å². The lowest BCUT2D eigenvalue weighted by molar-refractivity contribution is -0.146. The van der Waals surface area contributed by atoms with Crippen LogP contribution >= 0.6 is 0 Å². The van der Waals surface area contributed by atoms with E-state index in [2.05, 4.69) is 0 Å². The van der Waals surface area contributed by atoms with Crippen LogP contribution in [0.5, 0.6) is 0 Å². The molecule has 0 saturated carbocycles. The van der Waals surface area contributed by atoms with Crippen LogP contribution in [0, 0.1) is 0 Å². The number of rotatable bonds is 22. The zero-order valence-corrected chi connectivity index (χ0v) is 17.9. The van der Waals surface area contributed by atoms with E-state index in [-0.39, 0.29) is 64.0 Å². The zero-order valence-electron chi connectivity index (χ0n) is 17.9. The number of esters is 2. The van der Waals surface area contributed by atoms with Gasteiger partial charge in [0.25, 0.3) is 0 Å². The quantitative estimate of drug-likeness (QED) is 0.182. The first-order chi connectivity index (χ1) is 14.9. The first kappa shape index (κ1) is 28.8. The van der Waals surface area contributed by atoms with Gasteiger partial charge in [-0.3, -0.25) is 19.2 Å². The summed E-state index contributed by atoms with van der Waals surface area (Å²) in [7, 11) is 0. The highest BCUT2D eigenvalue weighted by molar-refractivity contribution is 5.70. The van der Waals surface area contributed by atoms with Crippen molar-refractivity contribution in [2.45, 2.75) is 51.4 Å². The standard InChI is InChI=1S/C20H34O11/c21-17(22)5-1-3-7-19(25)30-15-13-28-11-9-27-10-12-29-14-16-31-20(26)8-4-2-6-18(23)24/h1-16H2,(H,21,22)(H,23,24). The van der Waals surface area contributed by atoms with Gasteiger partial charge >= 0.3 is 23.9 Å². The van der Waals surface area contributed by atoms with Crippen molar-refractivity contribution in [1.29, 1.82) is 0 Å². The van der Waals surface area contributed by atoms with Crippen LogP contribution in [0.2, 0.25) is 0 Å². The van der Waals surface area contributed by atoms with E-state index < -0.39 is 11.9 Å². The van der Waals surface area contributed by atoms with Crippen molar-refractivity contribution >= 4 is 23.9 Å². The second kappa shape index (κ2) is 21.0. The van der Waals surface area contributed by atoms with Crippen LogP contribution in [-0.4, -0.2) is 86.9 Å². The molecule has 180 valence electrons. The Kier molecular flexibility index (Phi) is 19.5. The van der Waals surface area contributed by atoms with Gasteiger partial charge in [-0.1, -0.05) is 0 Å². The summed E-state index contributed by atoms with van der Waals surface area (Å²) in [5, 5.41) is 17.0. The molecule has 0 heterocycles. The van der Waals surface area contributed by atoms with Gasteiger partial charge in [0.2, 0.25) is 0 Å². The smallest absolute Gasteiger partial charge is 0.305 e. The minimum Gasteiger partial charge on any atom is -0.481 e. The fourth-order valence-corrected chi connectivity index (χ4v) is 2.21. The SMILES string of the molecule is O=C(O)CCCCC(=O)OCCOCCOCCOCCOC(=O)CCCCC(=O)O. The van der Waals surface area contributed by atoms with Gasteiger partial charge in [-0.25, -0.2) is 0 Å². The van der Waals surface area contributed by atoms with Gasteiger partial charge in [-0.2, -0.15) is 0 Å². The molecule has 0 aromatic carbocycles. The Morgan fingerprint density at radius 2 is 0.742 bits per heavy atom. The molecule has 0 aromatic heterocycles. The molecule has 0 aliphatic carbocycles. The molecule has 11 nitrogen and oxygen atoms in total. The van der Waals surface area contributed by atoms with Crippen LogP contribution in [0.4, 0.5) is 0 Å². The largest absolute Gasteiger partial charge is 0.481 e. The Hall–Kier alpha value is -2.24. The number of hydrogen-bond donors (Lipinski definition) is 2. The number of unbranched alkanes of at least 4 members (excludes halogenated alkanes) is 2. The zero-order chi connectivity index (χ0) is 23.2. The molecule has 0 saturated heterocycles. The summed E-state index contributed by atoms with van der Waals surface area (Å²) < 4.78 is 25.7. The molecule has 0 atom stereocenters. The minimum atomic E-state index is -0.876. The monoisotopic (exact) mass is 450 g/mol. The Morgan fingerprint density at radius 3 is 1.06 bits per heavy atom. The molecule has 0 bridgehead atoms. The van der Waals surface area contributed by atoms with Gasteiger partial charge in [0.15, 0.2) is 0 Å². The predicted octanol–water partition coefficient (Wildman–Crippen LogP) is 1.41. The van der Waals surface area contributed by atoms with E-state index in [1.807, 2.05) is 0 Å². The fourth-order valence-electron chi connectivity index (χ4n) is 2.21. The number of aliphatic carboxylic acids is 2. The normalized spacial score (nSPS) is 10.6. The highest BCUT2D eigenvalue weighted by Gasteiger charge is 2.05. The minimum absolute atomic E-state index is 0.0481. The maximum Gasteiger partial charge on any atom is 0.305 e. The molecule has 0 fully saturated rings. The van der Waals surface area contributed by atoms with E-state index in [9.17, 15) is 19.2 Å². The average Bonchev–Trinajstić information content (AvgIpc) is 2.71. The number of carbonyl (C=O) groups is 4. The summed E-state index contributed by atoms with van der Waals surface area (Å²) in [6.07, 6.45) is 2.36. The number of carbonyl (C=O) groups excluding carboxylic acids is 2.